The van der Waals surface area contributed by atoms with E-state index < -0.39 is 0 Å². The molecule has 1 aromatic carbocycles. The Morgan fingerprint density at radius 3 is 2.62 bits per heavy atom. The highest BCUT2D eigenvalue weighted by Crippen LogP contribution is 2.31. The lowest BCUT2D eigenvalue weighted by molar-refractivity contribution is 0.533. The minimum Gasteiger partial charge on any atom is -0.330 e. The topological polar surface area (TPSA) is 30.7 Å². The zero-order valence-corrected chi connectivity index (χ0v) is 14.5. The number of hydrogen-bond donors (Lipinski definition) is 0. The van der Waals surface area contributed by atoms with E-state index in [0.717, 1.165) is 27.7 Å². The second kappa shape index (κ2) is 5.41. The fraction of sp³-hybridized carbons (Fsp3) is 0.412. The molecule has 0 amide bonds. The van der Waals surface area contributed by atoms with Crippen LogP contribution in [0.1, 0.15) is 39.3 Å². The molecule has 0 aliphatic heterocycles. The average Bonchev–Trinajstić information content (AvgIpc) is 2.80. The Labute approximate surface area is 133 Å². The fourth-order valence-electron chi connectivity index (χ4n) is 2.77. The van der Waals surface area contributed by atoms with Crippen molar-refractivity contribution in [2.75, 3.05) is 0 Å². The monoisotopic (exact) mass is 345 g/mol. The van der Waals surface area contributed by atoms with Gasteiger partial charge in [0, 0.05) is 16.4 Å². The van der Waals surface area contributed by atoms with E-state index in [1.54, 1.807) is 0 Å². The summed E-state index contributed by atoms with van der Waals surface area (Å²) in [5.41, 5.74) is 4.37. The molecule has 2 aromatic heterocycles. The third kappa shape index (κ3) is 2.57. The third-order valence-electron chi connectivity index (χ3n) is 3.64. The zero-order chi connectivity index (χ0) is 15.1. The zero-order valence-electron chi connectivity index (χ0n) is 12.9. The Kier molecular flexibility index (Phi) is 3.74. The van der Waals surface area contributed by atoms with E-state index in [2.05, 4.69) is 71.4 Å². The van der Waals surface area contributed by atoms with Gasteiger partial charge in [0.2, 0.25) is 0 Å². The quantitative estimate of drug-likeness (QED) is 0.658. The Morgan fingerprint density at radius 1 is 1.19 bits per heavy atom. The van der Waals surface area contributed by atoms with Crippen molar-refractivity contribution in [2.24, 2.45) is 5.92 Å². The Bertz CT molecular complexity index is 803. The van der Waals surface area contributed by atoms with Crippen LogP contribution >= 0.6 is 15.9 Å². The lowest BCUT2D eigenvalue weighted by Gasteiger charge is -2.12. The predicted molar refractivity (Wildman–Crippen MR) is 91.7 cm³/mol. The summed E-state index contributed by atoms with van der Waals surface area (Å²) in [6.07, 6.45) is 1.96. The van der Waals surface area contributed by atoms with Gasteiger partial charge in [0.05, 0.1) is 23.1 Å². The van der Waals surface area contributed by atoms with Crippen molar-refractivity contribution in [1.29, 1.82) is 0 Å². The summed E-state index contributed by atoms with van der Waals surface area (Å²) in [7, 11) is 0. The summed E-state index contributed by atoms with van der Waals surface area (Å²) in [6.45, 7) is 9.79. The highest BCUT2D eigenvalue weighted by Gasteiger charge is 2.16. The summed E-state index contributed by atoms with van der Waals surface area (Å²) >= 11 is 3.55. The van der Waals surface area contributed by atoms with E-state index in [9.17, 15) is 0 Å². The highest BCUT2D eigenvalue weighted by atomic mass is 79.9. The van der Waals surface area contributed by atoms with Crippen LogP contribution in [0.2, 0.25) is 0 Å². The molecular weight excluding hydrogens is 326 g/mol. The molecule has 0 saturated heterocycles. The molecule has 110 valence electrons. The van der Waals surface area contributed by atoms with Crippen molar-refractivity contribution in [3.8, 4) is 0 Å². The smallest absolute Gasteiger partial charge is 0.111 e. The van der Waals surface area contributed by atoms with Gasteiger partial charge in [0.25, 0.3) is 0 Å². The van der Waals surface area contributed by atoms with Crippen LogP contribution < -0.4 is 0 Å². The molecule has 0 saturated carbocycles. The molecule has 3 aromatic rings. The second-order valence-electron chi connectivity index (χ2n) is 6.30. The summed E-state index contributed by atoms with van der Waals surface area (Å²) in [5, 5.41) is 1.18. The third-order valence-corrected chi connectivity index (χ3v) is 4.14. The molecule has 21 heavy (non-hydrogen) atoms. The van der Waals surface area contributed by atoms with Crippen LogP contribution in [0.5, 0.6) is 0 Å². The molecule has 0 atom stereocenters. The number of aromatic nitrogens is 3. The van der Waals surface area contributed by atoms with Gasteiger partial charge in [-0.05, 0) is 30.0 Å². The second-order valence-corrected chi connectivity index (χ2v) is 7.22. The molecule has 0 spiro atoms. The van der Waals surface area contributed by atoms with Gasteiger partial charge in [-0.25, -0.2) is 4.98 Å². The SMILES string of the molecule is CC(C)Cn1cnc2c(C(C)C)nc3cc(Br)ccc3c21. The molecule has 0 unspecified atom stereocenters. The first kappa shape index (κ1) is 14.5. The molecule has 3 nitrogen and oxygen atoms in total. The van der Waals surface area contributed by atoms with Gasteiger partial charge in [0.1, 0.15) is 5.52 Å². The van der Waals surface area contributed by atoms with Crippen molar-refractivity contribution >= 4 is 37.9 Å². The number of benzene rings is 1. The van der Waals surface area contributed by atoms with Crippen LogP contribution in [0, 0.1) is 5.92 Å². The first-order valence-electron chi connectivity index (χ1n) is 7.41. The van der Waals surface area contributed by atoms with Crippen molar-refractivity contribution in [3.05, 3.63) is 34.7 Å². The van der Waals surface area contributed by atoms with Crippen LogP contribution in [-0.4, -0.2) is 14.5 Å². The molecule has 0 aliphatic rings. The minimum atomic E-state index is 0.360. The van der Waals surface area contributed by atoms with Crippen molar-refractivity contribution in [3.63, 3.8) is 0 Å². The van der Waals surface area contributed by atoms with Crippen molar-refractivity contribution < 1.29 is 0 Å². The number of halogens is 1. The molecule has 0 aliphatic carbocycles. The average molecular weight is 346 g/mol. The highest BCUT2D eigenvalue weighted by molar-refractivity contribution is 9.10. The van der Waals surface area contributed by atoms with E-state index >= 15 is 0 Å². The molecule has 3 rings (SSSR count). The Balaban J connectivity index is 2.40. The van der Waals surface area contributed by atoms with Gasteiger partial charge >= 0.3 is 0 Å². The van der Waals surface area contributed by atoms with Crippen molar-refractivity contribution in [2.45, 2.75) is 40.2 Å². The standard InChI is InChI=1S/C17H20BrN3/c1-10(2)8-21-9-19-16-15(11(3)4)20-14-7-12(18)5-6-13(14)17(16)21/h5-7,9-11H,8H2,1-4H3. The van der Waals surface area contributed by atoms with Crippen LogP contribution in [-0.2, 0) is 6.54 Å². The van der Waals surface area contributed by atoms with Crippen LogP contribution in [0.15, 0.2) is 29.0 Å². The summed E-state index contributed by atoms with van der Waals surface area (Å²) in [5.74, 6) is 0.946. The van der Waals surface area contributed by atoms with Gasteiger partial charge in [-0.15, -0.1) is 0 Å². The lowest BCUT2D eigenvalue weighted by Crippen LogP contribution is -2.04. The molecule has 2 heterocycles. The number of fused-ring (bicyclic) bond motifs is 3. The molecule has 0 fully saturated rings. The van der Waals surface area contributed by atoms with Gasteiger partial charge in [-0.3, -0.25) is 4.98 Å². The number of rotatable bonds is 3. The van der Waals surface area contributed by atoms with Crippen LogP contribution in [0.25, 0.3) is 21.9 Å². The van der Waals surface area contributed by atoms with Crippen LogP contribution in [0.3, 0.4) is 0 Å². The summed E-state index contributed by atoms with van der Waals surface area (Å²) in [4.78, 5) is 9.50. The summed E-state index contributed by atoms with van der Waals surface area (Å²) < 4.78 is 3.33. The van der Waals surface area contributed by atoms with Gasteiger partial charge in [0.15, 0.2) is 0 Å². The maximum absolute atomic E-state index is 4.85. The van der Waals surface area contributed by atoms with E-state index in [-0.39, 0.29) is 0 Å². The number of imidazole rings is 1. The molecule has 0 N–H and O–H groups in total. The minimum absolute atomic E-state index is 0.360. The first-order valence-corrected chi connectivity index (χ1v) is 8.20. The predicted octanol–water partition coefficient (Wildman–Crippen LogP) is 5.13. The maximum Gasteiger partial charge on any atom is 0.111 e. The van der Waals surface area contributed by atoms with Gasteiger partial charge < -0.3 is 4.57 Å². The number of nitrogens with zero attached hydrogens (tertiary/aromatic N) is 3. The van der Waals surface area contributed by atoms with Crippen molar-refractivity contribution in [1.82, 2.24) is 14.5 Å². The summed E-state index contributed by atoms with van der Waals surface area (Å²) in [6, 6.07) is 6.30. The van der Waals surface area contributed by atoms with Crippen LogP contribution in [0.4, 0.5) is 0 Å². The molecule has 0 bridgehead atoms. The fourth-order valence-corrected chi connectivity index (χ4v) is 3.12. The molecule has 4 heteroatoms. The normalized spacial score (nSPS) is 12.1. The first-order chi connectivity index (χ1) is 9.97. The van der Waals surface area contributed by atoms with E-state index in [1.807, 2.05) is 6.33 Å². The maximum atomic E-state index is 4.85. The largest absolute Gasteiger partial charge is 0.330 e. The van der Waals surface area contributed by atoms with Gasteiger partial charge in [-0.1, -0.05) is 43.6 Å². The molecule has 0 radical (unpaired) electrons. The van der Waals surface area contributed by atoms with Gasteiger partial charge in [-0.2, -0.15) is 0 Å². The number of hydrogen-bond acceptors (Lipinski definition) is 2. The van der Waals surface area contributed by atoms with E-state index in [1.165, 1.54) is 10.9 Å². The van der Waals surface area contributed by atoms with E-state index in [0.29, 0.717) is 11.8 Å². The lowest BCUT2D eigenvalue weighted by atomic mass is 10.1. The Morgan fingerprint density at radius 2 is 1.95 bits per heavy atom. The number of pyridine rings is 1. The Hall–Kier alpha value is -1.42. The van der Waals surface area contributed by atoms with E-state index in [4.69, 9.17) is 4.98 Å². The molecular formula is C17H20BrN3.